The maximum Gasteiger partial charge on any atom is 0.172 e. The molecule has 0 spiro atoms. The van der Waals surface area contributed by atoms with Crippen LogP contribution >= 0.6 is 0 Å². The summed E-state index contributed by atoms with van der Waals surface area (Å²) in [6.07, 6.45) is 16.7. The first-order chi connectivity index (χ1) is 21.2. The van der Waals surface area contributed by atoms with Crippen LogP contribution in [0.25, 0.3) is 0 Å². The van der Waals surface area contributed by atoms with Gasteiger partial charge in [0, 0.05) is 19.0 Å². The lowest BCUT2D eigenvalue weighted by atomic mass is 9.98. The minimum atomic E-state index is 0.395. The minimum Gasteiger partial charge on any atom is -0.489 e. The lowest BCUT2D eigenvalue weighted by Crippen LogP contribution is -2.30. The highest BCUT2D eigenvalue weighted by Crippen LogP contribution is 2.33. The third kappa shape index (κ3) is 10.3. The van der Waals surface area contributed by atoms with Crippen LogP contribution in [-0.2, 0) is 0 Å². The maximum atomic E-state index is 6.59. The van der Waals surface area contributed by atoms with E-state index in [-0.39, 0.29) is 0 Å². The molecule has 0 aliphatic carbocycles. The van der Waals surface area contributed by atoms with Gasteiger partial charge in [0.2, 0.25) is 0 Å². The first-order valence-corrected chi connectivity index (χ1v) is 16.7. The topological polar surface area (TPSA) is 73.0 Å². The summed E-state index contributed by atoms with van der Waals surface area (Å²) in [4.78, 5) is 12.1. The predicted molar refractivity (Wildman–Crippen MR) is 188 cm³/mol. The smallest absolute Gasteiger partial charge is 0.172 e. The molecule has 2 heterocycles. The molecule has 2 aromatic rings. The normalized spacial score (nSPS) is 17.0. The zero-order valence-corrected chi connectivity index (χ0v) is 28.6. The van der Waals surface area contributed by atoms with Crippen LogP contribution < -0.4 is 20.1 Å². The van der Waals surface area contributed by atoms with Crippen molar-refractivity contribution in [2.45, 2.75) is 100 Å². The van der Waals surface area contributed by atoms with Crippen molar-refractivity contribution < 1.29 is 9.47 Å². The van der Waals surface area contributed by atoms with E-state index in [4.69, 9.17) is 25.2 Å². The van der Waals surface area contributed by atoms with Crippen LogP contribution in [0.2, 0.25) is 0 Å². The Morgan fingerprint density at radius 1 is 1.16 bits per heavy atom. The molecule has 2 unspecified atom stereocenters. The fraction of sp³-hybridized carbons (Fsp3) is 0.526. The van der Waals surface area contributed by atoms with Crippen LogP contribution in [0.3, 0.4) is 0 Å². The molecule has 6 nitrogen and oxygen atoms in total. The van der Waals surface area contributed by atoms with Crippen LogP contribution in [0.4, 0.5) is 11.5 Å². The molecule has 1 aromatic carbocycles. The Kier molecular flexibility index (Phi) is 14.0. The molecule has 0 amide bonds. The summed E-state index contributed by atoms with van der Waals surface area (Å²) in [6, 6.07) is 7.97. The second-order valence-corrected chi connectivity index (χ2v) is 12.4. The zero-order valence-electron chi connectivity index (χ0n) is 28.6. The zero-order chi connectivity index (χ0) is 32.1. The number of fused-ring (bicyclic) bond motifs is 1. The number of nitrogens with zero attached hydrogens (tertiary/aromatic N) is 3. The van der Waals surface area contributed by atoms with Crippen molar-refractivity contribution in [2.24, 2.45) is 22.6 Å². The number of aliphatic imine (C=N–C) groups is 1. The van der Waals surface area contributed by atoms with Gasteiger partial charge in [0.05, 0.1) is 12.3 Å². The van der Waals surface area contributed by atoms with E-state index in [0.717, 1.165) is 84.6 Å². The number of unbranched alkanes of at least 4 members (excludes halogenated alkanes) is 1. The van der Waals surface area contributed by atoms with E-state index in [1.807, 2.05) is 45.0 Å². The Balaban J connectivity index is 1.76. The average molecular weight is 601 g/mol. The van der Waals surface area contributed by atoms with E-state index in [9.17, 15) is 0 Å². The number of nitrogens with two attached hydrogens (primary N) is 1. The van der Waals surface area contributed by atoms with Gasteiger partial charge in [-0.05, 0) is 99.9 Å². The van der Waals surface area contributed by atoms with Crippen molar-refractivity contribution in [3.63, 3.8) is 0 Å². The minimum absolute atomic E-state index is 0.395. The number of aryl methyl sites for hydroxylation is 2. The third-order valence-corrected chi connectivity index (χ3v) is 8.25. The number of ether oxygens (including phenoxy) is 2. The third-order valence-electron chi connectivity index (χ3n) is 8.25. The largest absolute Gasteiger partial charge is 0.489 e. The quantitative estimate of drug-likeness (QED) is 0.0953. The molecule has 0 saturated heterocycles. The molecule has 6 heteroatoms. The first-order valence-electron chi connectivity index (χ1n) is 16.7. The second kappa shape index (κ2) is 17.7. The monoisotopic (exact) mass is 600 g/mol. The molecule has 1 aromatic heterocycles. The van der Waals surface area contributed by atoms with E-state index >= 15 is 0 Å². The summed E-state index contributed by atoms with van der Waals surface area (Å²) in [6.45, 7) is 19.8. The highest BCUT2D eigenvalue weighted by molar-refractivity contribution is 5.99. The average Bonchev–Trinajstić information content (AvgIpc) is 3.15. The second-order valence-electron chi connectivity index (χ2n) is 12.4. The Morgan fingerprint density at radius 2 is 1.95 bits per heavy atom. The summed E-state index contributed by atoms with van der Waals surface area (Å²) in [5.74, 6) is 4.91. The van der Waals surface area contributed by atoms with E-state index < -0.39 is 0 Å². The maximum absolute atomic E-state index is 6.59. The van der Waals surface area contributed by atoms with Crippen molar-refractivity contribution in [2.75, 3.05) is 24.6 Å². The van der Waals surface area contributed by atoms with Gasteiger partial charge in [0.15, 0.2) is 11.6 Å². The van der Waals surface area contributed by atoms with Gasteiger partial charge in [0.1, 0.15) is 23.0 Å². The highest BCUT2D eigenvalue weighted by atomic mass is 16.5. The number of anilines is 1. The number of pyridine rings is 1. The van der Waals surface area contributed by atoms with Crippen molar-refractivity contribution in [3.8, 4) is 11.5 Å². The number of benzene rings is 1. The number of hydrogen-bond acceptors (Lipinski definition) is 5. The Morgan fingerprint density at radius 3 is 2.64 bits per heavy atom. The number of allylic oxidation sites excluding steroid dienone is 5. The molecule has 3 rings (SSSR count). The molecule has 2 N–H and O–H groups in total. The summed E-state index contributed by atoms with van der Waals surface area (Å²) in [5, 5.41) is 0. The Hall–Kier alpha value is -3.54. The van der Waals surface area contributed by atoms with Gasteiger partial charge in [0.25, 0.3) is 0 Å². The lowest BCUT2D eigenvalue weighted by molar-refractivity contribution is 0.273. The van der Waals surface area contributed by atoms with E-state index in [1.165, 1.54) is 24.8 Å². The molecule has 2 atom stereocenters. The van der Waals surface area contributed by atoms with Crippen molar-refractivity contribution >= 4 is 17.3 Å². The number of aromatic nitrogens is 1. The standard InChI is InChI=1S/C38H56N4O2/c1-9-13-22-42-25-28(6)26-43-35-24-30(8)36(41-38(35)42)37(39)40-32-19-21-34(29(7)23-32)44-33(12-4)20-18-31(15-10-2)17-14-16-27(5)11-3/h12,15,18-21,23-24,27-28H,9-11,13-14,16-17,22,25-26H2,1-8H3,(H2,39,40)/b20-18-,31-15+,33-12+. The van der Waals surface area contributed by atoms with Crippen molar-refractivity contribution in [1.29, 1.82) is 0 Å². The summed E-state index contributed by atoms with van der Waals surface area (Å²) < 4.78 is 12.4. The fourth-order valence-corrected chi connectivity index (χ4v) is 5.35. The summed E-state index contributed by atoms with van der Waals surface area (Å²) >= 11 is 0. The SMILES string of the molecule is C\C=C(/C=C\C(=C\CC)CCCC(C)CC)Oc1ccc(N=C(N)c2nc3c(cc2C)OCC(C)CN3CCCC)cc1C. The van der Waals surface area contributed by atoms with Crippen LogP contribution in [0, 0.1) is 25.7 Å². The van der Waals surface area contributed by atoms with Crippen molar-refractivity contribution in [1.82, 2.24) is 4.98 Å². The molecular formula is C38H56N4O2. The van der Waals surface area contributed by atoms with Crippen molar-refractivity contribution in [3.05, 3.63) is 76.7 Å². The molecular weight excluding hydrogens is 544 g/mol. The van der Waals surface area contributed by atoms with Crippen LogP contribution in [-0.4, -0.2) is 30.5 Å². The van der Waals surface area contributed by atoms with Gasteiger partial charge in [-0.1, -0.05) is 71.6 Å². The van der Waals surface area contributed by atoms with E-state index in [2.05, 4.69) is 63.8 Å². The first kappa shape index (κ1) is 34.9. The lowest BCUT2D eigenvalue weighted by Gasteiger charge is -2.24. The molecule has 0 saturated carbocycles. The van der Waals surface area contributed by atoms with Gasteiger partial charge >= 0.3 is 0 Å². The Bertz CT molecular complexity index is 1340. The van der Waals surface area contributed by atoms with Gasteiger partial charge in [-0.2, -0.15) is 0 Å². The van der Waals surface area contributed by atoms with Gasteiger partial charge in [-0.15, -0.1) is 0 Å². The van der Waals surface area contributed by atoms with Crippen LogP contribution in [0.5, 0.6) is 11.5 Å². The number of rotatable bonds is 15. The molecule has 0 radical (unpaired) electrons. The van der Waals surface area contributed by atoms with Crippen LogP contribution in [0.15, 0.2) is 64.9 Å². The van der Waals surface area contributed by atoms with Gasteiger partial charge in [-0.3, -0.25) is 0 Å². The van der Waals surface area contributed by atoms with E-state index in [0.29, 0.717) is 24.1 Å². The van der Waals surface area contributed by atoms with Crippen LogP contribution in [0.1, 0.15) is 103 Å². The summed E-state index contributed by atoms with van der Waals surface area (Å²) in [5.41, 5.74) is 11.4. The molecule has 0 bridgehead atoms. The molecule has 1 aliphatic rings. The highest BCUT2D eigenvalue weighted by Gasteiger charge is 2.24. The molecule has 0 fully saturated rings. The molecule has 1 aliphatic heterocycles. The van der Waals surface area contributed by atoms with E-state index in [1.54, 1.807) is 0 Å². The van der Waals surface area contributed by atoms with Gasteiger partial charge < -0.3 is 20.1 Å². The molecule has 44 heavy (non-hydrogen) atoms. The number of amidine groups is 1. The Labute approximate surface area is 267 Å². The molecule has 240 valence electrons. The van der Waals surface area contributed by atoms with Gasteiger partial charge in [-0.25, -0.2) is 9.98 Å². The fourth-order valence-electron chi connectivity index (χ4n) is 5.35. The predicted octanol–water partition coefficient (Wildman–Crippen LogP) is 9.76. The summed E-state index contributed by atoms with van der Waals surface area (Å²) in [7, 11) is 0. The number of hydrogen-bond donors (Lipinski definition) is 1.